The Hall–Kier alpha value is -3.11. The number of amides is 2. The number of carbonyl (C=O) groups is 2. The van der Waals surface area contributed by atoms with Gasteiger partial charge in [-0.3, -0.25) is 9.59 Å². The molecule has 0 atom stereocenters. The lowest BCUT2D eigenvalue weighted by atomic mass is 9.90. The number of rotatable bonds is 6. The average molecular weight is 393 g/mol. The number of carbonyl (C=O) groups excluding carboxylic acids is 2. The minimum atomic E-state index is -0.479. The summed E-state index contributed by atoms with van der Waals surface area (Å²) < 4.78 is 0. The van der Waals surface area contributed by atoms with Gasteiger partial charge in [-0.15, -0.1) is 0 Å². The molecule has 3 aromatic rings. The van der Waals surface area contributed by atoms with Crippen LogP contribution in [0.1, 0.15) is 30.4 Å². The van der Waals surface area contributed by atoms with Crippen LogP contribution < -0.4 is 10.6 Å². The van der Waals surface area contributed by atoms with Gasteiger partial charge < -0.3 is 10.6 Å². The van der Waals surface area contributed by atoms with Gasteiger partial charge in [0, 0.05) is 12.1 Å². The second-order valence-corrected chi connectivity index (χ2v) is 6.75. The van der Waals surface area contributed by atoms with Crippen LogP contribution in [0.15, 0.2) is 78.9 Å². The third kappa shape index (κ3) is 4.78. The number of hydrogen-bond acceptors (Lipinski definition) is 2. The number of anilines is 2. The van der Waals surface area contributed by atoms with Gasteiger partial charge in [-0.2, -0.15) is 0 Å². The van der Waals surface area contributed by atoms with E-state index in [1.165, 1.54) is 0 Å². The van der Waals surface area contributed by atoms with Crippen LogP contribution in [0, 0.1) is 0 Å². The maximum atomic E-state index is 13.2. The summed E-state index contributed by atoms with van der Waals surface area (Å²) in [5.41, 5.74) is 2.82. The summed E-state index contributed by atoms with van der Waals surface area (Å²) in [6.45, 7) is 1.78. The van der Waals surface area contributed by atoms with Crippen molar-refractivity contribution in [1.29, 1.82) is 0 Å². The normalized spacial score (nSPS) is 10.5. The molecule has 0 aliphatic rings. The number of halogens is 1. The van der Waals surface area contributed by atoms with Crippen molar-refractivity contribution in [2.75, 3.05) is 10.6 Å². The first-order valence-electron chi connectivity index (χ1n) is 9.08. The molecule has 0 bridgehead atoms. The zero-order chi connectivity index (χ0) is 19.9. The van der Waals surface area contributed by atoms with Gasteiger partial charge in [0.2, 0.25) is 11.8 Å². The first-order valence-corrected chi connectivity index (χ1v) is 9.46. The topological polar surface area (TPSA) is 58.2 Å². The summed E-state index contributed by atoms with van der Waals surface area (Å²) >= 11 is 6.28. The van der Waals surface area contributed by atoms with E-state index in [2.05, 4.69) is 10.6 Å². The van der Waals surface area contributed by atoms with Gasteiger partial charge in [0.25, 0.3) is 0 Å². The smallest absolute Gasteiger partial charge is 0.236 e. The van der Waals surface area contributed by atoms with Crippen LogP contribution in [0.3, 0.4) is 0 Å². The van der Waals surface area contributed by atoms with Gasteiger partial charge in [0.05, 0.1) is 16.6 Å². The zero-order valence-corrected chi connectivity index (χ0v) is 16.2. The lowest BCUT2D eigenvalue weighted by Crippen LogP contribution is -2.22. The Morgan fingerprint density at radius 3 is 1.96 bits per heavy atom. The lowest BCUT2D eigenvalue weighted by molar-refractivity contribution is -0.117. The third-order valence-electron chi connectivity index (χ3n) is 4.36. The highest BCUT2D eigenvalue weighted by Crippen LogP contribution is 2.30. The van der Waals surface area contributed by atoms with E-state index in [0.29, 0.717) is 22.8 Å². The Morgan fingerprint density at radius 2 is 1.43 bits per heavy atom. The molecule has 0 saturated carbocycles. The molecular formula is C23H21ClN2O2. The van der Waals surface area contributed by atoms with Crippen molar-refractivity contribution in [3.05, 3.63) is 95.0 Å². The number of benzene rings is 3. The molecule has 5 heteroatoms. The quantitative estimate of drug-likeness (QED) is 0.585. The molecule has 0 unspecified atom stereocenters. The first kappa shape index (κ1) is 19.6. The highest BCUT2D eigenvalue weighted by Gasteiger charge is 2.23. The monoisotopic (exact) mass is 392 g/mol. The van der Waals surface area contributed by atoms with Crippen LogP contribution in [0.4, 0.5) is 11.4 Å². The van der Waals surface area contributed by atoms with Crippen molar-refractivity contribution in [3.8, 4) is 0 Å². The van der Waals surface area contributed by atoms with E-state index in [1.807, 2.05) is 60.7 Å². The Labute approximate surface area is 169 Å². The molecule has 0 saturated heterocycles. The second-order valence-electron chi connectivity index (χ2n) is 6.34. The molecule has 0 heterocycles. The molecular weight excluding hydrogens is 372 g/mol. The fourth-order valence-corrected chi connectivity index (χ4v) is 3.10. The van der Waals surface area contributed by atoms with Crippen LogP contribution >= 0.6 is 11.6 Å². The average Bonchev–Trinajstić information content (AvgIpc) is 2.72. The highest BCUT2D eigenvalue weighted by atomic mass is 35.5. The molecule has 0 aliphatic heterocycles. The summed E-state index contributed by atoms with van der Waals surface area (Å²) in [6, 6.07) is 24.2. The number of nitrogens with one attached hydrogen (secondary N) is 2. The van der Waals surface area contributed by atoms with E-state index in [9.17, 15) is 9.59 Å². The molecule has 2 N–H and O–H groups in total. The van der Waals surface area contributed by atoms with Gasteiger partial charge in [0.15, 0.2) is 0 Å². The van der Waals surface area contributed by atoms with E-state index in [-0.39, 0.29) is 11.8 Å². The summed E-state index contributed by atoms with van der Waals surface area (Å²) in [5.74, 6) is -0.781. The second kappa shape index (κ2) is 9.20. The number of hydrogen-bond donors (Lipinski definition) is 2. The molecule has 0 aliphatic carbocycles. The molecule has 0 fully saturated rings. The molecule has 3 rings (SSSR count). The van der Waals surface area contributed by atoms with Crippen molar-refractivity contribution >= 4 is 34.8 Å². The summed E-state index contributed by atoms with van der Waals surface area (Å²) in [4.78, 5) is 24.8. The van der Waals surface area contributed by atoms with Crippen LogP contribution in [-0.4, -0.2) is 11.8 Å². The Kier molecular flexibility index (Phi) is 6.45. The molecule has 4 nitrogen and oxygen atoms in total. The van der Waals surface area contributed by atoms with Crippen molar-refractivity contribution in [1.82, 2.24) is 0 Å². The van der Waals surface area contributed by atoms with Crippen LogP contribution in [0.5, 0.6) is 0 Å². The van der Waals surface area contributed by atoms with Crippen LogP contribution in [0.25, 0.3) is 0 Å². The standard InChI is InChI=1S/C23H21ClN2O2/c1-2-21(27)25-18-13-14-19(24)20(15-18)26-23(28)22(16-9-5-3-6-10-16)17-11-7-4-8-12-17/h3-15,22H,2H2,1H3,(H,25,27)(H,26,28). The summed E-state index contributed by atoms with van der Waals surface area (Å²) in [5, 5.41) is 6.10. The van der Waals surface area contributed by atoms with E-state index in [4.69, 9.17) is 11.6 Å². The first-order chi connectivity index (χ1) is 13.6. The minimum Gasteiger partial charge on any atom is -0.326 e. The van der Waals surface area contributed by atoms with Crippen molar-refractivity contribution in [2.24, 2.45) is 0 Å². The van der Waals surface area contributed by atoms with E-state index >= 15 is 0 Å². The molecule has 0 radical (unpaired) electrons. The lowest BCUT2D eigenvalue weighted by Gasteiger charge is -2.19. The molecule has 2 amide bonds. The van der Waals surface area contributed by atoms with E-state index in [0.717, 1.165) is 11.1 Å². The van der Waals surface area contributed by atoms with Gasteiger partial charge in [-0.1, -0.05) is 79.2 Å². The van der Waals surface area contributed by atoms with E-state index < -0.39 is 5.92 Å². The fourth-order valence-electron chi connectivity index (χ4n) is 2.94. The van der Waals surface area contributed by atoms with Crippen molar-refractivity contribution in [2.45, 2.75) is 19.3 Å². The molecule has 3 aromatic carbocycles. The predicted molar refractivity (Wildman–Crippen MR) is 114 cm³/mol. The van der Waals surface area contributed by atoms with Gasteiger partial charge in [0.1, 0.15) is 0 Å². The largest absolute Gasteiger partial charge is 0.326 e. The highest BCUT2D eigenvalue weighted by molar-refractivity contribution is 6.34. The van der Waals surface area contributed by atoms with Gasteiger partial charge in [-0.05, 0) is 29.3 Å². The third-order valence-corrected chi connectivity index (χ3v) is 4.69. The molecule has 28 heavy (non-hydrogen) atoms. The Balaban J connectivity index is 1.90. The zero-order valence-electron chi connectivity index (χ0n) is 15.5. The SMILES string of the molecule is CCC(=O)Nc1ccc(Cl)c(NC(=O)C(c2ccccc2)c2ccccc2)c1. The maximum absolute atomic E-state index is 13.2. The fraction of sp³-hybridized carbons (Fsp3) is 0.130. The van der Waals surface area contributed by atoms with Crippen molar-refractivity contribution < 1.29 is 9.59 Å². The van der Waals surface area contributed by atoms with Gasteiger partial charge in [-0.25, -0.2) is 0 Å². The summed E-state index contributed by atoms with van der Waals surface area (Å²) in [6.07, 6.45) is 0.369. The van der Waals surface area contributed by atoms with E-state index in [1.54, 1.807) is 25.1 Å². The Bertz CT molecular complexity index is 919. The minimum absolute atomic E-state index is 0.106. The molecule has 0 aromatic heterocycles. The predicted octanol–water partition coefficient (Wildman–Crippen LogP) is 5.46. The van der Waals surface area contributed by atoms with Crippen molar-refractivity contribution in [3.63, 3.8) is 0 Å². The summed E-state index contributed by atoms with van der Waals surface area (Å²) in [7, 11) is 0. The molecule has 142 valence electrons. The molecule has 0 spiro atoms. The van der Waals surface area contributed by atoms with Gasteiger partial charge >= 0.3 is 0 Å². The van der Waals surface area contributed by atoms with Crippen LogP contribution in [-0.2, 0) is 9.59 Å². The Morgan fingerprint density at radius 1 is 0.857 bits per heavy atom. The maximum Gasteiger partial charge on any atom is 0.236 e. The van der Waals surface area contributed by atoms with Crippen LogP contribution in [0.2, 0.25) is 5.02 Å².